The van der Waals surface area contributed by atoms with Gasteiger partial charge in [0.15, 0.2) is 0 Å². The summed E-state index contributed by atoms with van der Waals surface area (Å²) in [6.07, 6.45) is 2.16. The van der Waals surface area contributed by atoms with Crippen LogP contribution in [0.1, 0.15) is 19.8 Å². The molecule has 1 rings (SSSR count). The zero-order valence-electron chi connectivity index (χ0n) is 10.1. The van der Waals surface area contributed by atoms with Crippen LogP contribution >= 0.6 is 0 Å². The minimum atomic E-state index is -1.51. The fourth-order valence-electron chi connectivity index (χ4n) is 1.38. The Kier molecular flexibility index (Phi) is 6.70. The number of hydrogen-bond acceptors (Lipinski definition) is 4. The van der Waals surface area contributed by atoms with Gasteiger partial charge in [-0.2, -0.15) is 0 Å². The van der Waals surface area contributed by atoms with Crippen LogP contribution < -0.4 is 10.2 Å². The van der Waals surface area contributed by atoms with Crippen LogP contribution in [0.4, 0.5) is 0 Å². The van der Waals surface area contributed by atoms with Crippen molar-refractivity contribution in [2.75, 3.05) is 19.8 Å². The molecule has 2 N–H and O–H groups in total. The Hall–Kier alpha value is -1.04. The highest BCUT2D eigenvalue weighted by molar-refractivity contribution is 6.59. The van der Waals surface area contributed by atoms with Crippen LogP contribution in [0, 0.1) is 0 Å². The molecule has 5 heteroatoms. The molecule has 0 aliphatic carbocycles. The largest absolute Gasteiger partial charge is 0.492 e. The lowest BCUT2D eigenvalue weighted by Crippen LogP contribution is -2.31. The molecule has 0 heterocycles. The number of unbranched alkanes of at least 4 members (excludes halogenated alkanes) is 1. The Morgan fingerprint density at radius 3 is 2.59 bits per heavy atom. The quantitative estimate of drug-likeness (QED) is 0.513. The van der Waals surface area contributed by atoms with Gasteiger partial charge in [0.1, 0.15) is 12.4 Å². The summed E-state index contributed by atoms with van der Waals surface area (Å²) in [5, 5.41) is 18.2. The van der Waals surface area contributed by atoms with Crippen LogP contribution in [0.5, 0.6) is 5.75 Å². The van der Waals surface area contributed by atoms with Crippen molar-refractivity contribution in [3.8, 4) is 5.75 Å². The van der Waals surface area contributed by atoms with E-state index in [1.165, 1.54) is 0 Å². The summed E-state index contributed by atoms with van der Waals surface area (Å²) in [4.78, 5) is 0. The first kappa shape index (κ1) is 14.0. The second-order valence-electron chi connectivity index (χ2n) is 3.73. The lowest BCUT2D eigenvalue weighted by Gasteiger charge is -2.10. The van der Waals surface area contributed by atoms with Gasteiger partial charge in [-0.05, 0) is 12.5 Å². The summed E-state index contributed by atoms with van der Waals surface area (Å²) in [5.74, 6) is 0.488. The minimum Gasteiger partial charge on any atom is -0.492 e. The van der Waals surface area contributed by atoms with E-state index in [4.69, 9.17) is 19.5 Å². The lowest BCUT2D eigenvalue weighted by atomic mass is 9.79. The molecule has 17 heavy (non-hydrogen) atoms. The fourth-order valence-corrected chi connectivity index (χ4v) is 1.38. The summed E-state index contributed by atoms with van der Waals surface area (Å²) >= 11 is 0. The maximum Gasteiger partial charge on any atom is 0.492 e. The third kappa shape index (κ3) is 5.21. The van der Waals surface area contributed by atoms with Gasteiger partial charge in [-0.1, -0.05) is 31.5 Å². The van der Waals surface area contributed by atoms with Crippen molar-refractivity contribution in [2.45, 2.75) is 19.8 Å². The molecular formula is C12H19BO4. The molecule has 0 radical (unpaired) electrons. The second kappa shape index (κ2) is 8.11. The van der Waals surface area contributed by atoms with Gasteiger partial charge in [0.2, 0.25) is 0 Å². The molecule has 0 bridgehead atoms. The van der Waals surface area contributed by atoms with Gasteiger partial charge < -0.3 is 19.5 Å². The standard InChI is InChI=1S/C12H19BO4/c1-2-3-8-16-9-10-17-12-7-5-4-6-11(12)13(14)15/h4-7,14-15H,2-3,8-10H2,1H3. The summed E-state index contributed by atoms with van der Waals surface area (Å²) in [6, 6.07) is 6.86. The van der Waals surface area contributed by atoms with Crippen molar-refractivity contribution in [1.82, 2.24) is 0 Å². The number of hydrogen-bond donors (Lipinski definition) is 2. The highest BCUT2D eigenvalue weighted by atomic mass is 16.5. The Morgan fingerprint density at radius 2 is 1.88 bits per heavy atom. The molecule has 0 saturated heterocycles. The molecule has 0 aromatic heterocycles. The highest BCUT2D eigenvalue weighted by Crippen LogP contribution is 2.06. The fraction of sp³-hybridized carbons (Fsp3) is 0.500. The molecule has 0 saturated carbocycles. The van der Waals surface area contributed by atoms with Crippen molar-refractivity contribution in [1.29, 1.82) is 0 Å². The van der Waals surface area contributed by atoms with Crippen LogP contribution in [-0.4, -0.2) is 37.0 Å². The Morgan fingerprint density at radius 1 is 1.12 bits per heavy atom. The summed E-state index contributed by atoms with van der Waals surface area (Å²) < 4.78 is 10.8. The third-order valence-corrected chi connectivity index (χ3v) is 2.32. The van der Waals surface area contributed by atoms with Crippen molar-refractivity contribution in [3.05, 3.63) is 24.3 Å². The van der Waals surface area contributed by atoms with E-state index in [-0.39, 0.29) is 0 Å². The number of rotatable bonds is 8. The van der Waals surface area contributed by atoms with E-state index in [9.17, 15) is 0 Å². The number of ether oxygens (including phenoxy) is 2. The van der Waals surface area contributed by atoms with E-state index in [0.29, 0.717) is 24.4 Å². The first-order chi connectivity index (χ1) is 8.25. The number of benzene rings is 1. The maximum atomic E-state index is 9.12. The normalized spacial score (nSPS) is 10.3. The summed E-state index contributed by atoms with van der Waals surface area (Å²) in [7, 11) is -1.51. The molecule has 0 aliphatic heterocycles. The van der Waals surface area contributed by atoms with Crippen LogP contribution in [-0.2, 0) is 4.74 Å². The molecule has 0 spiro atoms. The maximum absolute atomic E-state index is 9.12. The van der Waals surface area contributed by atoms with Crippen LogP contribution in [0.25, 0.3) is 0 Å². The van der Waals surface area contributed by atoms with E-state index >= 15 is 0 Å². The van der Waals surface area contributed by atoms with Gasteiger partial charge in [-0.15, -0.1) is 0 Å². The third-order valence-electron chi connectivity index (χ3n) is 2.32. The highest BCUT2D eigenvalue weighted by Gasteiger charge is 2.15. The molecule has 4 nitrogen and oxygen atoms in total. The molecule has 1 aromatic carbocycles. The van der Waals surface area contributed by atoms with E-state index in [0.717, 1.165) is 19.4 Å². The van der Waals surface area contributed by atoms with Crippen LogP contribution in [0.3, 0.4) is 0 Å². The van der Waals surface area contributed by atoms with Gasteiger partial charge in [0.25, 0.3) is 0 Å². The lowest BCUT2D eigenvalue weighted by molar-refractivity contribution is 0.0983. The average molecular weight is 238 g/mol. The van der Waals surface area contributed by atoms with Crippen molar-refractivity contribution in [3.63, 3.8) is 0 Å². The predicted molar refractivity (Wildman–Crippen MR) is 67.5 cm³/mol. The molecule has 0 amide bonds. The SMILES string of the molecule is CCCCOCCOc1ccccc1B(O)O. The Bertz CT molecular complexity index is 317. The van der Waals surface area contributed by atoms with E-state index in [2.05, 4.69) is 6.92 Å². The van der Waals surface area contributed by atoms with Gasteiger partial charge in [0.05, 0.1) is 6.61 Å². The predicted octanol–water partition coefficient (Wildman–Crippen LogP) is 0.562. The molecular weight excluding hydrogens is 219 g/mol. The monoisotopic (exact) mass is 238 g/mol. The molecule has 0 aliphatic rings. The van der Waals surface area contributed by atoms with Gasteiger partial charge in [0, 0.05) is 12.1 Å². The minimum absolute atomic E-state index is 0.376. The molecule has 94 valence electrons. The Balaban J connectivity index is 2.31. The van der Waals surface area contributed by atoms with E-state index in [1.54, 1.807) is 24.3 Å². The van der Waals surface area contributed by atoms with Crippen LogP contribution in [0.15, 0.2) is 24.3 Å². The topological polar surface area (TPSA) is 58.9 Å². The molecule has 0 fully saturated rings. The molecule has 1 aromatic rings. The summed E-state index contributed by atoms with van der Waals surface area (Å²) in [5.41, 5.74) is 0.376. The van der Waals surface area contributed by atoms with Gasteiger partial charge >= 0.3 is 7.12 Å². The van der Waals surface area contributed by atoms with Crippen molar-refractivity contribution >= 4 is 12.6 Å². The smallest absolute Gasteiger partial charge is 0.492 e. The van der Waals surface area contributed by atoms with E-state index < -0.39 is 7.12 Å². The van der Waals surface area contributed by atoms with Crippen LogP contribution in [0.2, 0.25) is 0 Å². The Labute approximate surface area is 102 Å². The van der Waals surface area contributed by atoms with Crippen molar-refractivity contribution < 1.29 is 19.5 Å². The zero-order valence-corrected chi connectivity index (χ0v) is 10.1. The van der Waals surface area contributed by atoms with Gasteiger partial charge in [-0.25, -0.2) is 0 Å². The zero-order chi connectivity index (χ0) is 12.5. The molecule has 0 atom stereocenters. The number of para-hydroxylation sites is 1. The first-order valence-electron chi connectivity index (χ1n) is 5.91. The molecule has 0 unspecified atom stereocenters. The summed E-state index contributed by atoms with van der Waals surface area (Å²) in [6.45, 7) is 3.77. The first-order valence-corrected chi connectivity index (χ1v) is 5.91. The van der Waals surface area contributed by atoms with Crippen molar-refractivity contribution in [2.24, 2.45) is 0 Å². The second-order valence-corrected chi connectivity index (χ2v) is 3.73. The average Bonchev–Trinajstić information content (AvgIpc) is 2.34. The van der Waals surface area contributed by atoms with E-state index in [1.807, 2.05) is 0 Å². The van der Waals surface area contributed by atoms with Gasteiger partial charge in [-0.3, -0.25) is 0 Å².